The number of ketones is 1. The summed E-state index contributed by atoms with van der Waals surface area (Å²) in [7, 11) is 0. The van der Waals surface area contributed by atoms with Gasteiger partial charge in [-0.3, -0.25) is 19.4 Å². The van der Waals surface area contributed by atoms with Crippen molar-refractivity contribution in [3.05, 3.63) is 82.8 Å². The molecule has 0 unspecified atom stereocenters. The van der Waals surface area contributed by atoms with Gasteiger partial charge in [0.15, 0.2) is 5.78 Å². The number of Topliss-reactive ketones (excluding diaryl/α,β-unsaturated/α-hetero) is 1. The highest BCUT2D eigenvalue weighted by Gasteiger charge is 2.29. The molecule has 0 aliphatic carbocycles. The van der Waals surface area contributed by atoms with Crippen molar-refractivity contribution in [1.29, 1.82) is 0 Å². The molecule has 3 aromatic rings. The van der Waals surface area contributed by atoms with E-state index in [1.807, 2.05) is 30.2 Å². The second-order valence-corrected chi connectivity index (χ2v) is 10.1. The van der Waals surface area contributed by atoms with Crippen molar-refractivity contribution in [2.45, 2.75) is 39.5 Å². The number of aromatic nitrogens is 2. The molecule has 38 heavy (non-hydrogen) atoms. The molecule has 0 spiro atoms. The molecule has 4 heterocycles. The Balaban J connectivity index is 1.35. The molecule has 8 heteroatoms. The first-order valence-electron chi connectivity index (χ1n) is 13.2. The molecular formula is C30H33N5O3. The summed E-state index contributed by atoms with van der Waals surface area (Å²) in [4.78, 5) is 54.0. The zero-order valence-corrected chi connectivity index (χ0v) is 22.0. The highest BCUT2D eigenvalue weighted by Crippen LogP contribution is 2.27. The van der Waals surface area contributed by atoms with Gasteiger partial charge in [0.05, 0.1) is 5.56 Å². The van der Waals surface area contributed by atoms with Crippen LogP contribution in [0.5, 0.6) is 0 Å². The monoisotopic (exact) mass is 511 g/mol. The fourth-order valence-electron chi connectivity index (χ4n) is 5.31. The first kappa shape index (κ1) is 25.6. The number of benzene rings is 1. The van der Waals surface area contributed by atoms with E-state index in [0.29, 0.717) is 62.4 Å². The topological polar surface area (TPSA) is 86.7 Å². The van der Waals surface area contributed by atoms with Crippen LogP contribution in [0.15, 0.2) is 55.0 Å². The Morgan fingerprint density at radius 1 is 0.947 bits per heavy atom. The second kappa shape index (κ2) is 11.1. The van der Waals surface area contributed by atoms with Crippen molar-refractivity contribution >= 4 is 29.1 Å². The molecule has 0 radical (unpaired) electrons. The zero-order valence-electron chi connectivity index (χ0n) is 22.0. The van der Waals surface area contributed by atoms with Gasteiger partial charge in [-0.05, 0) is 67.6 Å². The molecule has 0 atom stereocenters. The lowest BCUT2D eigenvalue weighted by Gasteiger charge is -2.36. The van der Waals surface area contributed by atoms with E-state index in [4.69, 9.17) is 0 Å². The standard InChI is InChI=1S/C30H33N5O3/c1-21-17-22(2)29(32-19-21)33-13-15-34(16-14-33)30(38)25-9-8-24(35-12-4-6-28(35)37)18-26(25)27(36)10-7-23-5-3-11-31-20-23/h3,5,8-9,11,17-20H,4,6-7,10,12-16H2,1-2H3. The van der Waals surface area contributed by atoms with Crippen molar-refractivity contribution in [1.82, 2.24) is 14.9 Å². The van der Waals surface area contributed by atoms with Crippen molar-refractivity contribution in [2.24, 2.45) is 0 Å². The summed E-state index contributed by atoms with van der Waals surface area (Å²) in [6, 6.07) is 11.2. The molecule has 2 amide bonds. The molecule has 8 nitrogen and oxygen atoms in total. The Labute approximate surface area is 223 Å². The first-order valence-corrected chi connectivity index (χ1v) is 13.2. The van der Waals surface area contributed by atoms with Crippen LogP contribution >= 0.6 is 0 Å². The lowest BCUT2D eigenvalue weighted by molar-refractivity contribution is -0.117. The van der Waals surface area contributed by atoms with Crippen LogP contribution < -0.4 is 9.80 Å². The number of anilines is 2. The highest BCUT2D eigenvalue weighted by molar-refractivity contribution is 6.09. The molecule has 2 fully saturated rings. The van der Waals surface area contributed by atoms with Gasteiger partial charge in [0.2, 0.25) is 5.91 Å². The van der Waals surface area contributed by atoms with Crippen LogP contribution in [0.3, 0.4) is 0 Å². The maximum absolute atomic E-state index is 13.7. The minimum absolute atomic E-state index is 0.0500. The average Bonchev–Trinajstić information content (AvgIpc) is 3.37. The first-order chi connectivity index (χ1) is 18.4. The summed E-state index contributed by atoms with van der Waals surface area (Å²) in [5, 5.41) is 0. The molecule has 0 saturated carbocycles. The second-order valence-electron chi connectivity index (χ2n) is 10.1. The van der Waals surface area contributed by atoms with Gasteiger partial charge in [-0.2, -0.15) is 0 Å². The Hall–Kier alpha value is -4.07. The molecule has 2 saturated heterocycles. The third-order valence-electron chi connectivity index (χ3n) is 7.34. The summed E-state index contributed by atoms with van der Waals surface area (Å²) in [5.41, 5.74) is 4.68. The molecule has 0 bridgehead atoms. The van der Waals surface area contributed by atoms with Crippen LogP contribution in [0, 0.1) is 13.8 Å². The van der Waals surface area contributed by atoms with Crippen LogP contribution in [0.4, 0.5) is 11.5 Å². The Morgan fingerprint density at radius 2 is 1.76 bits per heavy atom. The summed E-state index contributed by atoms with van der Waals surface area (Å²) in [6.45, 7) is 7.15. The number of piperazine rings is 1. The smallest absolute Gasteiger partial charge is 0.254 e. The van der Waals surface area contributed by atoms with Crippen LogP contribution in [-0.4, -0.2) is 65.2 Å². The number of carbonyl (C=O) groups is 3. The summed E-state index contributed by atoms with van der Waals surface area (Å²) < 4.78 is 0. The van der Waals surface area contributed by atoms with Gasteiger partial charge in [-0.1, -0.05) is 12.1 Å². The largest absolute Gasteiger partial charge is 0.353 e. The minimum Gasteiger partial charge on any atom is -0.353 e. The van der Waals surface area contributed by atoms with Crippen LogP contribution in [0.2, 0.25) is 0 Å². The third kappa shape index (κ3) is 5.44. The van der Waals surface area contributed by atoms with E-state index in [1.54, 1.807) is 35.5 Å². The van der Waals surface area contributed by atoms with E-state index in [9.17, 15) is 14.4 Å². The van der Waals surface area contributed by atoms with Crippen molar-refractivity contribution in [2.75, 3.05) is 42.5 Å². The fourth-order valence-corrected chi connectivity index (χ4v) is 5.31. The van der Waals surface area contributed by atoms with Gasteiger partial charge < -0.3 is 14.7 Å². The molecule has 2 aromatic heterocycles. The minimum atomic E-state index is -0.151. The normalized spacial score (nSPS) is 15.7. The molecular weight excluding hydrogens is 478 g/mol. The van der Waals surface area contributed by atoms with Crippen LogP contribution in [-0.2, 0) is 11.2 Å². The summed E-state index contributed by atoms with van der Waals surface area (Å²) in [6.07, 6.45) is 7.42. The average molecular weight is 512 g/mol. The van der Waals surface area contributed by atoms with Gasteiger partial charge in [-0.25, -0.2) is 4.98 Å². The SMILES string of the molecule is Cc1cnc(N2CCN(C(=O)c3ccc(N4CCCC4=O)cc3C(=O)CCc3cccnc3)CC2)c(C)c1. The Kier molecular flexibility index (Phi) is 7.49. The predicted octanol–water partition coefficient (Wildman–Crippen LogP) is 4.00. The number of hydrogen-bond acceptors (Lipinski definition) is 6. The number of hydrogen-bond donors (Lipinski definition) is 0. The third-order valence-corrected chi connectivity index (χ3v) is 7.34. The number of amides is 2. The molecule has 1 aromatic carbocycles. The van der Waals surface area contributed by atoms with Crippen LogP contribution in [0.25, 0.3) is 0 Å². The number of carbonyl (C=O) groups excluding carboxylic acids is 3. The van der Waals surface area contributed by atoms with Crippen molar-refractivity contribution < 1.29 is 14.4 Å². The molecule has 196 valence electrons. The highest BCUT2D eigenvalue weighted by atomic mass is 16.2. The quantitative estimate of drug-likeness (QED) is 0.446. The van der Waals surface area contributed by atoms with Gasteiger partial charge in [0, 0.05) is 75.4 Å². The fraction of sp³-hybridized carbons (Fsp3) is 0.367. The van der Waals surface area contributed by atoms with E-state index in [1.165, 1.54) is 0 Å². The van der Waals surface area contributed by atoms with Gasteiger partial charge in [0.25, 0.3) is 5.91 Å². The van der Waals surface area contributed by atoms with Gasteiger partial charge in [0.1, 0.15) is 5.82 Å². The molecule has 2 aliphatic heterocycles. The van der Waals surface area contributed by atoms with E-state index in [-0.39, 0.29) is 24.0 Å². The molecule has 5 rings (SSSR count). The molecule has 2 aliphatic rings. The summed E-state index contributed by atoms with van der Waals surface area (Å²) >= 11 is 0. The lowest BCUT2D eigenvalue weighted by Crippen LogP contribution is -2.49. The lowest BCUT2D eigenvalue weighted by atomic mass is 9.97. The van der Waals surface area contributed by atoms with E-state index in [0.717, 1.165) is 28.9 Å². The Bertz CT molecular complexity index is 1350. The van der Waals surface area contributed by atoms with Crippen LogP contribution in [0.1, 0.15) is 56.7 Å². The number of rotatable bonds is 7. The number of nitrogens with zero attached hydrogens (tertiary/aromatic N) is 5. The van der Waals surface area contributed by atoms with Gasteiger partial charge in [-0.15, -0.1) is 0 Å². The van der Waals surface area contributed by atoms with E-state index in [2.05, 4.69) is 27.9 Å². The van der Waals surface area contributed by atoms with Crippen molar-refractivity contribution in [3.8, 4) is 0 Å². The van der Waals surface area contributed by atoms with E-state index < -0.39 is 0 Å². The number of aryl methyl sites for hydroxylation is 3. The van der Waals surface area contributed by atoms with E-state index >= 15 is 0 Å². The zero-order chi connectivity index (χ0) is 26.6. The van der Waals surface area contributed by atoms with Gasteiger partial charge >= 0.3 is 0 Å². The van der Waals surface area contributed by atoms with Crippen molar-refractivity contribution in [3.63, 3.8) is 0 Å². The predicted molar refractivity (Wildman–Crippen MR) is 147 cm³/mol. The number of pyridine rings is 2. The maximum atomic E-state index is 13.7. The summed E-state index contributed by atoms with van der Waals surface area (Å²) in [5.74, 6) is 0.744. The molecule has 0 N–H and O–H groups in total. The maximum Gasteiger partial charge on any atom is 0.254 e. The Morgan fingerprint density at radius 3 is 2.45 bits per heavy atom.